The van der Waals surface area contributed by atoms with Crippen LogP contribution in [0.4, 0.5) is 0 Å². The van der Waals surface area contributed by atoms with E-state index in [2.05, 4.69) is 19.2 Å². The Morgan fingerprint density at radius 2 is 1.17 bits per heavy atom. The van der Waals surface area contributed by atoms with Crippen molar-refractivity contribution in [3.63, 3.8) is 0 Å². The number of carbonyl (C=O) groups is 1. The van der Waals surface area contributed by atoms with E-state index in [1.165, 1.54) is 57.8 Å². The highest BCUT2D eigenvalue weighted by atomic mass is 16.7. The molecule has 2 fully saturated rings. The van der Waals surface area contributed by atoms with Gasteiger partial charge < -0.3 is 65.1 Å². The van der Waals surface area contributed by atoms with Gasteiger partial charge in [0.1, 0.15) is 48.8 Å². The summed E-state index contributed by atoms with van der Waals surface area (Å²) in [4.78, 5) is 12.9. The number of hydrogen-bond donors (Lipinski definition) is 9. The van der Waals surface area contributed by atoms with Crippen LogP contribution >= 0.6 is 0 Å². The molecule has 2 rings (SSSR count). The summed E-state index contributed by atoms with van der Waals surface area (Å²) in [5.41, 5.74) is 0. The number of hydrogen-bond acceptors (Lipinski definition) is 13. The molecule has 2 aliphatic rings. The molecule has 1 amide bonds. The first kappa shape index (κ1) is 47.9. The summed E-state index contributed by atoms with van der Waals surface area (Å²) in [5.74, 6) is -0.252. The SMILES string of the molecule is CCCCCCCCCCCCC/C=C/C(O)C(COC1OC(CO)C(OC2OC(CO)C(O)C(O)C2O)C(O)C1O)NC(=O)CCCCCCCC. The van der Waals surface area contributed by atoms with E-state index >= 15 is 0 Å². The molecule has 0 aliphatic carbocycles. The Labute approximate surface area is 316 Å². The van der Waals surface area contributed by atoms with Crippen LogP contribution in [0.2, 0.25) is 0 Å². The van der Waals surface area contributed by atoms with Crippen molar-refractivity contribution in [2.75, 3.05) is 19.8 Å². The van der Waals surface area contributed by atoms with Gasteiger partial charge in [-0.05, 0) is 19.3 Å². The molecule has 0 saturated carbocycles. The molecular formula is C39H73NO13. The van der Waals surface area contributed by atoms with Crippen molar-refractivity contribution in [1.29, 1.82) is 0 Å². The van der Waals surface area contributed by atoms with Crippen LogP contribution in [0.1, 0.15) is 136 Å². The topological polar surface area (TPSA) is 228 Å². The molecule has 0 bridgehead atoms. The van der Waals surface area contributed by atoms with Gasteiger partial charge in [-0.15, -0.1) is 0 Å². The van der Waals surface area contributed by atoms with Crippen LogP contribution in [0.5, 0.6) is 0 Å². The average molecular weight is 764 g/mol. The van der Waals surface area contributed by atoms with Crippen molar-refractivity contribution in [2.24, 2.45) is 0 Å². The Kier molecular flexibility index (Phi) is 25.5. The zero-order valence-corrected chi connectivity index (χ0v) is 32.3. The van der Waals surface area contributed by atoms with E-state index in [4.69, 9.17) is 18.9 Å². The zero-order valence-electron chi connectivity index (χ0n) is 32.3. The van der Waals surface area contributed by atoms with Crippen LogP contribution < -0.4 is 5.32 Å². The first-order chi connectivity index (χ1) is 25.6. The number of ether oxygens (including phenoxy) is 4. The second kappa shape index (κ2) is 28.2. The third-order valence-electron chi connectivity index (χ3n) is 10.2. The van der Waals surface area contributed by atoms with Crippen molar-refractivity contribution in [3.05, 3.63) is 12.2 Å². The lowest BCUT2D eigenvalue weighted by molar-refractivity contribution is -0.359. The summed E-state index contributed by atoms with van der Waals surface area (Å²) < 4.78 is 22.5. The normalized spacial score (nSPS) is 30.5. The fourth-order valence-electron chi connectivity index (χ4n) is 6.76. The van der Waals surface area contributed by atoms with Crippen molar-refractivity contribution in [2.45, 2.75) is 209 Å². The van der Waals surface area contributed by atoms with Crippen LogP contribution in [-0.2, 0) is 23.7 Å². The molecule has 12 atom stereocenters. The molecule has 0 aromatic carbocycles. The molecule has 0 spiro atoms. The predicted molar refractivity (Wildman–Crippen MR) is 199 cm³/mol. The molecule has 0 aromatic rings. The number of carbonyl (C=O) groups excluding carboxylic acids is 1. The molecule has 53 heavy (non-hydrogen) atoms. The number of aliphatic hydroxyl groups excluding tert-OH is 8. The Morgan fingerprint density at radius 3 is 1.74 bits per heavy atom. The smallest absolute Gasteiger partial charge is 0.220 e. The van der Waals surface area contributed by atoms with Crippen LogP contribution in [0.25, 0.3) is 0 Å². The van der Waals surface area contributed by atoms with Crippen molar-refractivity contribution < 1.29 is 64.6 Å². The lowest BCUT2D eigenvalue weighted by atomic mass is 9.97. The van der Waals surface area contributed by atoms with Crippen molar-refractivity contribution in [3.8, 4) is 0 Å². The van der Waals surface area contributed by atoms with E-state index in [9.17, 15) is 45.6 Å². The molecule has 2 heterocycles. The van der Waals surface area contributed by atoms with Crippen LogP contribution in [0.3, 0.4) is 0 Å². The molecular weight excluding hydrogens is 690 g/mol. The monoisotopic (exact) mass is 764 g/mol. The standard InChI is InChI=1S/C39H73NO13/c1-3-5-7-9-11-12-13-14-15-16-17-18-20-22-28(43)27(40-31(44)23-21-19-10-8-6-4-2)26-50-38-36(49)34(47)37(30(25-42)52-38)53-39-35(48)33(46)32(45)29(24-41)51-39/h20,22,27-30,32-39,41-43,45-49H,3-19,21,23-26H2,1-2H3,(H,40,44)/b22-20+. The Hall–Kier alpha value is -1.27. The Morgan fingerprint density at radius 1 is 0.660 bits per heavy atom. The van der Waals surface area contributed by atoms with E-state index < -0.39 is 86.8 Å². The number of amides is 1. The molecule has 0 radical (unpaired) electrons. The van der Waals surface area contributed by atoms with Gasteiger partial charge in [0.2, 0.25) is 5.91 Å². The van der Waals surface area contributed by atoms with Gasteiger partial charge in [-0.3, -0.25) is 4.79 Å². The highest BCUT2D eigenvalue weighted by molar-refractivity contribution is 5.76. The summed E-state index contributed by atoms with van der Waals surface area (Å²) in [5, 5.41) is 85.9. The van der Waals surface area contributed by atoms with Gasteiger partial charge in [0.25, 0.3) is 0 Å². The molecule has 2 aliphatic heterocycles. The van der Waals surface area contributed by atoms with Gasteiger partial charge in [-0.2, -0.15) is 0 Å². The van der Waals surface area contributed by atoms with Gasteiger partial charge >= 0.3 is 0 Å². The van der Waals surface area contributed by atoms with E-state index in [-0.39, 0.29) is 18.9 Å². The molecule has 12 unspecified atom stereocenters. The lowest BCUT2D eigenvalue weighted by Crippen LogP contribution is -2.65. The number of aliphatic hydroxyl groups is 8. The Bertz CT molecular complexity index is 956. The third kappa shape index (κ3) is 17.6. The van der Waals surface area contributed by atoms with Crippen molar-refractivity contribution >= 4 is 5.91 Å². The van der Waals surface area contributed by atoms with Crippen LogP contribution in [0, 0.1) is 0 Å². The molecule has 312 valence electrons. The van der Waals surface area contributed by atoms with Crippen LogP contribution in [0.15, 0.2) is 12.2 Å². The Balaban J connectivity index is 1.94. The minimum absolute atomic E-state index is 0.252. The summed E-state index contributed by atoms with van der Waals surface area (Å²) >= 11 is 0. The third-order valence-corrected chi connectivity index (χ3v) is 10.2. The summed E-state index contributed by atoms with van der Waals surface area (Å²) in [6.45, 7) is 2.67. The zero-order chi connectivity index (χ0) is 39.0. The maximum Gasteiger partial charge on any atom is 0.220 e. The second-order valence-electron chi connectivity index (χ2n) is 14.8. The van der Waals surface area contributed by atoms with Gasteiger partial charge in [0.15, 0.2) is 12.6 Å². The number of allylic oxidation sites excluding steroid dienone is 1. The average Bonchev–Trinajstić information content (AvgIpc) is 3.15. The minimum Gasteiger partial charge on any atom is -0.394 e. The largest absolute Gasteiger partial charge is 0.394 e. The van der Waals surface area contributed by atoms with Gasteiger partial charge in [0, 0.05) is 6.42 Å². The maximum atomic E-state index is 12.9. The maximum absolute atomic E-state index is 12.9. The molecule has 9 N–H and O–H groups in total. The van der Waals surface area contributed by atoms with Gasteiger partial charge in [0.05, 0.1) is 32.0 Å². The lowest BCUT2D eigenvalue weighted by Gasteiger charge is -2.46. The number of nitrogens with one attached hydrogen (secondary N) is 1. The van der Waals surface area contributed by atoms with Gasteiger partial charge in [-0.1, -0.05) is 122 Å². The van der Waals surface area contributed by atoms with E-state index in [1.807, 2.05) is 6.08 Å². The fourth-order valence-corrected chi connectivity index (χ4v) is 6.76. The number of rotatable bonds is 29. The quantitative estimate of drug-likeness (QED) is 0.0395. The van der Waals surface area contributed by atoms with E-state index in [1.54, 1.807) is 6.08 Å². The summed E-state index contributed by atoms with van der Waals surface area (Å²) in [7, 11) is 0. The van der Waals surface area contributed by atoms with Gasteiger partial charge in [-0.25, -0.2) is 0 Å². The summed E-state index contributed by atoms with van der Waals surface area (Å²) in [6.07, 6.45) is 7.34. The second-order valence-corrected chi connectivity index (χ2v) is 14.8. The first-order valence-corrected chi connectivity index (χ1v) is 20.4. The minimum atomic E-state index is -1.78. The molecule has 14 nitrogen and oxygen atoms in total. The highest BCUT2D eigenvalue weighted by Crippen LogP contribution is 2.29. The van der Waals surface area contributed by atoms with Crippen LogP contribution in [-0.4, -0.2) is 140 Å². The highest BCUT2D eigenvalue weighted by Gasteiger charge is 2.50. The number of unbranched alkanes of at least 4 members (excludes halogenated alkanes) is 16. The summed E-state index contributed by atoms with van der Waals surface area (Å²) in [6, 6.07) is -0.903. The molecule has 0 aromatic heterocycles. The fraction of sp³-hybridized carbons (Fsp3) is 0.923. The molecule has 14 heteroatoms. The van der Waals surface area contributed by atoms with E-state index in [0.29, 0.717) is 6.42 Å². The predicted octanol–water partition coefficient (Wildman–Crippen LogP) is 2.48. The van der Waals surface area contributed by atoms with E-state index in [0.717, 1.165) is 51.4 Å². The van der Waals surface area contributed by atoms with Crippen molar-refractivity contribution in [1.82, 2.24) is 5.32 Å². The molecule has 2 saturated heterocycles. The first-order valence-electron chi connectivity index (χ1n) is 20.4.